The Bertz CT molecular complexity index is 3670. The summed E-state index contributed by atoms with van der Waals surface area (Å²) in [4.78, 5) is 15.2. The van der Waals surface area contributed by atoms with Gasteiger partial charge in [0.05, 0.1) is 27.7 Å². The van der Waals surface area contributed by atoms with Crippen molar-refractivity contribution in [2.24, 2.45) is 0 Å². The molecule has 0 amide bonds. The minimum atomic E-state index is -0.515. The first-order valence-corrected chi connectivity index (χ1v) is 18.6. The summed E-state index contributed by atoms with van der Waals surface area (Å²) >= 11 is 0. The maximum absolute atomic E-state index is 9.38. The molecule has 11 rings (SSSR count). The van der Waals surface area contributed by atoms with Crippen molar-refractivity contribution in [2.45, 2.75) is 0 Å². The highest BCUT2D eigenvalue weighted by molar-refractivity contribution is 6.10. The molecule has 0 radical (unpaired) electrons. The Balaban J connectivity index is 1.25. The van der Waals surface area contributed by atoms with Crippen LogP contribution in [-0.4, -0.2) is 19.5 Å². The molecule has 11 aromatic rings. The predicted molar refractivity (Wildman–Crippen MR) is 236 cm³/mol. The molecule has 0 saturated heterocycles. The standard InChI is InChI=1S/C53H34N4/c1-3-14-35(15-4-1)36-26-28-38(29-27-36)52-54-51(37-16-5-2-6-17-37)55-53(56-52)46-31-30-42(43-23-13-20-41-32-39-18-7-8-19-40(39)33-47(41)43)34-50(46)57-48-24-11-9-21-44(48)45-22-10-12-25-49(45)57/h1-34H/i9D,10D,11D,12D,21D,22D,24D,25D. The number of fused-ring (bicyclic) bond motifs is 5. The van der Waals surface area contributed by atoms with E-state index in [2.05, 4.69) is 30.3 Å². The fourth-order valence-corrected chi connectivity index (χ4v) is 7.74. The Kier molecular flexibility index (Phi) is 6.04. The van der Waals surface area contributed by atoms with E-state index >= 15 is 0 Å². The van der Waals surface area contributed by atoms with Crippen molar-refractivity contribution >= 4 is 43.4 Å². The van der Waals surface area contributed by atoms with Crippen molar-refractivity contribution in [2.75, 3.05) is 0 Å². The topological polar surface area (TPSA) is 43.6 Å². The number of aromatic nitrogens is 4. The molecule has 4 heteroatoms. The molecule has 266 valence electrons. The van der Waals surface area contributed by atoms with Gasteiger partial charge in [0.2, 0.25) is 0 Å². The van der Waals surface area contributed by atoms with Crippen molar-refractivity contribution < 1.29 is 11.0 Å². The minimum absolute atomic E-state index is 0.00521. The second-order valence-corrected chi connectivity index (χ2v) is 13.9. The number of hydrogen-bond acceptors (Lipinski definition) is 3. The fraction of sp³-hybridized carbons (Fsp3) is 0. The summed E-state index contributed by atoms with van der Waals surface area (Å²) in [5.74, 6) is 1.01. The van der Waals surface area contributed by atoms with E-state index in [1.54, 1.807) is 4.57 Å². The molecule has 2 aromatic heterocycles. The van der Waals surface area contributed by atoms with Gasteiger partial charge in [0.1, 0.15) is 0 Å². The maximum Gasteiger partial charge on any atom is 0.166 e. The molecule has 2 heterocycles. The van der Waals surface area contributed by atoms with Crippen LogP contribution in [0, 0.1) is 0 Å². The first-order chi connectivity index (χ1) is 31.6. The molecule has 0 aliphatic carbocycles. The van der Waals surface area contributed by atoms with E-state index < -0.39 is 48.3 Å². The lowest BCUT2D eigenvalue weighted by Crippen LogP contribution is -2.04. The number of para-hydroxylation sites is 2. The van der Waals surface area contributed by atoms with E-state index in [0.717, 1.165) is 54.9 Å². The summed E-state index contributed by atoms with van der Waals surface area (Å²) < 4.78 is 73.7. The lowest BCUT2D eigenvalue weighted by atomic mass is 9.94. The third-order valence-electron chi connectivity index (χ3n) is 10.5. The van der Waals surface area contributed by atoms with E-state index in [4.69, 9.17) is 23.2 Å². The molecule has 0 aliphatic rings. The molecule has 57 heavy (non-hydrogen) atoms. The lowest BCUT2D eigenvalue weighted by Gasteiger charge is -2.17. The van der Waals surface area contributed by atoms with Gasteiger partial charge >= 0.3 is 0 Å². The zero-order valence-electron chi connectivity index (χ0n) is 38.3. The highest BCUT2D eigenvalue weighted by atomic mass is 15.1. The van der Waals surface area contributed by atoms with Crippen LogP contribution in [0.25, 0.3) is 105 Å². The molecule has 9 aromatic carbocycles. The van der Waals surface area contributed by atoms with Crippen LogP contribution in [0.15, 0.2) is 206 Å². The van der Waals surface area contributed by atoms with Gasteiger partial charge in [0.15, 0.2) is 17.5 Å². The summed E-state index contributed by atoms with van der Waals surface area (Å²) in [5.41, 5.74) is 5.93. The van der Waals surface area contributed by atoms with Gasteiger partial charge in [0, 0.05) is 27.5 Å². The third-order valence-corrected chi connectivity index (χ3v) is 10.5. The zero-order valence-corrected chi connectivity index (χ0v) is 30.3. The Morgan fingerprint density at radius 3 is 1.54 bits per heavy atom. The van der Waals surface area contributed by atoms with Crippen molar-refractivity contribution in [1.82, 2.24) is 19.5 Å². The molecule has 0 spiro atoms. The molecular weight excluding hydrogens is 693 g/mol. The van der Waals surface area contributed by atoms with Crippen LogP contribution < -0.4 is 0 Å². The summed E-state index contributed by atoms with van der Waals surface area (Å²) in [6.07, 6.45) is 0. The maximum atomic E-state index is 9.38. The lowest BCUT2D eigenvalue weighted by molar-refractivity contribution is 1.06. The molecule has 0 atom stereocenters. The number of nitrogens with zero attached hydrogens (tertiary/aromatic N) is 4. The molecule has 0 saturated carbocycles. The van der Waals surface area contributed by atoms with Gasteiger partial charge in [-0.25, -0.2) is 15.0 Å². The molecular formula is C53H34N4. The second-order valence-electron chi connectivity index (χ2n) is 13.9. The summed E-state index contributed by atoms with van der Waals surface area (Å²) in [6.45, 7) is 0. The molecule has 0 bridgehead atoms. The minimum Gasteiger partial charge on any atom is -0.308 e. The average molecular weight is 735 g/mol. The van der Waals surface area contributed by atoms with E-state index in [0.29, 0.717) is 22.9 Å². The van der Waals surface area contributed by atoms with Crippen LogP contribution in [0.3, 0.4) is 0 Å². The molecule has 0 unspecified atom stereocenters. The Labute approximate surface area is 341 Å². The van der Waals surface area contributed by atoms with Crippen LogP contribution in [0.2, 0.25) is 0 Å². The Hall–Kier alpha value is -7.69. The van der Waals surface area contributed by atoms with Crippen molar-refractivity contribution in [3.05, 3.63) is 206 Å². The van der Waals surface area contributed by atoms with Crippen LogP contribution >= 0.6 is 0 Å². The van der Waals surface area contributed by atoms with Gasteiger partial charge in [0.25, 0.3) is 0 Å². The van der Waals surface area contributed by atoms with Gasteiger partial charge in [-0.1, -0.05) is 170 Å². The van der Waals surface area contributed by atoms with Gasteiger partial charge in [-0.05, 0) is 80.1 Å². The normalized spacial score (nSPS) is 13.5. The smallest absolute Gasteiger partial charge is 0.166 e. The summed E-state index contributed by atoms with van der Waals surface area (Å²) in [6, 6.07) is 48.1. The van der Waals surface area contributed by atoms with Crippen LogP contribution in [0.1, 0.15) is 11.0 Å². The summed E-state index contributed by atoms with van der Waals surface area (Å²) in [5, 5.41) is 4.10. The Morgan fingerprint density at radius 1 is 0.351 bits per heavy atom. The third kappa shape index (κ3) is 5.74. The van der Waals surface area contributed by atoms with E-state index in [1.165, 1.54) is 0 Å². The SMILES string of the molecule is [2H]c1c([2H])c([2H])c2c(c1[2H])c1c([2H])c([2H])c([2H])c([2H])c1n2-c1cc(-c2cccc3cc4ccccc4cc23)ccc1-c1nc(-c2ccccc2)nc(-c2ccc(-c3ccccc3)cc2)n1. The van der Waals surface area contributed by atoms with Crippen molar-refractivity contribution in [3.8, 4) is 62.1 Å². The van der Waals surface area contributed by atoms with Gasteiger partial charge < -0.3 is 4.57 Å². The second kappa shape index (κ2) is 13.6. The molecule has 0 aliphatic heterocycles. The quantitative estimate of drug-likeness (QED) is 0.160. The predicted octanol–water partition coefficient (Wildman–Crippen LogP) is 13.6. The fourth-order valence-electron chi connectivity index (χ4n) is 7.74. The average Bonchev–Trinajstić information content (AvgIpc) is 3.72. The van der Waals surface area contributed by atoms with Gasteiger partial charge in [-0.15, -0.1) is 0 Å². The highest BCUT2D eigenvalue weighted by Gasteiger charge is 2.21. The van der Waals surface area contributed by atoms with E-state index in [9.17, 15) is 2.74 Å². The first-order valence-electron chi connectivity index (χ1n) is 22.6. The van der Waals surface area contributed by atoms with Gasteiger partial charge in [-0.3, -0.25) is 0 Å². The monoisotopic (exact) mass is 734 g/mol. The van der Waals surface area contributed by atoms with E-state index in [1.807, 2.05) is 127 Å². The highest BCUT2D eigenvalue weighted by Crippen LogP contribution is 2.40. The van der Waals surface area contributed by atoms with Crippen molar-refractivity contribution in [1.29, 1.82) is 0 Å². The van der Waals surface area contributed by atoms with Crippen LogP contribution in [-0.2, 0) is 0 Å². The van der Waals surface area contributed by atoms with Crippen LogP contribution in [0.5, 0.6) is 0 Å². The molecule has 4 nitrogen and oxygen atoms in total. The first kappa shape index (κ1) is 25.4. The largest absolute Gasteiger partial charge is 0.308 e. The Morgan fingerprint density at radius 2 is 0.860 bits per heavy atom. The van der Waals surface area contributed by atoms with Crippen molar-refractivity contribution in [3.63, 3.8) is 0 Å². The number of rotatable bonds is 6. The summed E-state index contributed by atoms with van der Waals surface area (Å²) in [7, 11) is 0. The van der Waals surface area contributed by atoms with Gasteiger partial charge in [-0.2, -0.15) is 0 Å². The van der Waals surface area contributed by atoms with Crippen LogP contribution in [0.4, 0.5) is 0 Å². The number of hydrogen-bond donors (Lipinski definition) is 0. The molecule has 0 N–H and O–H groups in total. The molecule has 0 fully saturated rings. The van der Waals surface area contributed by atoms with E-state index in [-0.39, 0.29) is 27.6 Å². The number of benzene rings is 9. The zero-order chi connectivity index (χ0) is 44.7.